The highest BCUT2D eigenvalue weighted by molar-refractivity contribution is 14.1. The van der Waals surface area contributed by atoms with Crippen LogP contribution >= 0.6 is 22.9 Å². The Labute approximate surface area is 259 Å². The Balaban J connectivity index is 7.66. The van der Waals surface area contributed by atoms with E-state index in [1.807, 2.05) is 0 Å². The van der Waals surface area contributed by atoms with Gasteiger partial charge in [0.15, 0.2) is 0 Å². The van der Waals surface area contributed by atoms with Gasteiger partial charge in [-0.25, -0.2) is 0 Å². The molecule has 0 aliphatic carbocycles. The number of rotatable bonds is 16. The van der Waals surface area contributed by atoms with Crippen molar-refractivity contribution in [1.29, 1.82) is 0 Å². The zero-order valence-electron chi connectivity index (χ0n) is 20.9. The number of halogens is 1. The van der Waals surface area contributed by atoms with Crippen molar-refractivity contribution in [2.75, 3.05) is 0 Å². The molecule has 35 heavy (non-hydrogen) atoms. The second-order valence-corrected chi connectivity index (χ2v) is 9.81. The van der Waals surface area contributed by atoms with Gasteiger partial charge in [-0.3, -0.25) is 0 Å². The van der Waals surface area contributed by atoms with Crippen LogP contribution < -0.4 is 3.43 Å². The van der Waals surface area contributed by atoms with Crippen molar-refractivity contribution in [3.63, 3.8) is 0 Å². The Hall–Kier alpha value is 2.83. The van der Waals surface area contributed by atoms with Crippen molar-refractivity contribution < 1.29 is 1.41 Å². The normalized spacial score (nSPS) is 10.2. The molecule has 0 bridgehead atoms. The van der Waals surface area contributed by atoms with E-state index in [1.54, 1.807) is 22.9 Å². The first-order valence-electron chi connectivity index (χ1n) is 11.5. The Morgan fingerprint density at radius 1 is 0.457 bits per heavy atom. The summed E-state index contributed by atoms with van der Waals surface area (Å²) in [7, 11) is 104. The Morgan fingerprint density at radius 2 is 0.686 bits per heavy atom. The fourth-order valence-corrected chi connectivity index (χ4v) is 5.89. The average Bonchev–Trinajstić information content (AvgIpc) is 2.65. The van der Waals surface area contributed by atoms with E-state index in [4.69, 9.17) is 133 Å². The second kappa shape index (κ2) is 17.6. The lowest BCUT2D eigenvalue weighted by molar-refractivity contribution is 1.79. The van der Waals surface area contributed by atoms with E-state index in [2.05, 4.69) is 0 Å². The molecular formula is HB33IN-2. The molecule has 0 aromatic carbocycles. The molecule has 0 fully saturated rings. The standard InChI is InChI=1S/B33HIN/c1-18(2)26(17)30(25(15)16)32(29(23(11)12)24(13)14)33(35-34)31(27(19(3)4)20(5)6)28(21(7)8)22(9)10/h35H/q-2/i/hT. The smallest absolute Gasteiger partial charge is 0.129 e. The lowest BCUT2D eigenvalue weighted by Crippen LogP contribution is -2.89. The second-order valence-electron chi connectivity index (χ2n) is 9.25. The molecule has 0 rings (SSSR count). The van der Waals surface area contributed by atoms with Crippen LogP contribution in [0.4, 0.5) is 0 Å². The number of hydrogen-bond acceptors (Lipinski definition) is 1. The summed E-state index contributed by atoms with van der Waals surface area (Å²) in [5.74, 6) is 0. The molecule has 0 spiro atoms. The van der Waals surface area contributed by atoms with Crippen molar-refractivity contribution in [2.45, 2.75) is 0 Å². The third-order valence-corrected chi connectivity index (χ3v) is 7.32. The van der Waals surface area contributed by atoms with Crippen molar-refractivity contribution in [3.8, 4) is 0 Å². The van der Waals surface area contributed by atoms with E-state index < -0.39 is 102 Å². The number of nitrogens with one attached hydrogen (secondary N) is 1. The van der Waals surface area contributed by atoms with E-state index in [-0.39, 0.29) is 0 Å². The lowest BCUT2D eigenvalue weighted by Gasteiger charge is -2.53. The molecule has 36 radical (unpaired) electrons. The van der Waals surface area contributed by atoms with Crippen LogP contribution in [0.3, 0.4) is 0 Å². The van der Waals surface area contributed by atoms with Crippen LogP contribution in [-0.2, 0) is 0 Å². The van der Waals surface area contributed by atoms with Crippen LogP contribution in [0.25, 0.3) is 0 Å². The van der Waals surface area contributed by atoms with Crippen molar-refractivity contribution in [3.05, 3.63) is 0 Å². The van der Waals surface area contributed by atoms with Crippen molar-refractivity contribution >= 4 is 257 Å². The van der Waals surface area contributed by atoms with E-state index in [9.17, 15) is 0 Å². The molecule has 0 saturated carbocycles. The molecule has 0 unspecified atom stereocenters. The van der Waals surface area contributed by atoms with E-state index in [0.717, 1.165) is 3.43 Å². The molecule has 0 atom stereocenters. The minimum atomic E-state index is -1.16. The third kappa shape index (κ3) is 10.6. The van der Waals surface area contributed by atoms with Crippen LogP contribution in [0.1, 0.15) is 0 Å². The largest absolute Gasteiger partial charge is 0.729 e. The lowest BCUT2D eigenvalue weighted by atomic mass is 8.34. The molecule has 0 aliphatic heterocycles. The van der Waals surface area contributed by atoms with Gasteiger partial charge in [-0.2, -0.15) is 0 Å². The fraction of sp³-hybridized carbons (Fsp3) is 0. The van der Waals surface area contributed by atoms with Gasteiger partial charge in [0, 0.05) is 186 Å². The van der Waals surface area contributed by atoms with Crippen LogP contribution in [0.15, 0.2) is 0 Å². The highest BCUT2D eigenvalue weighted by Gasteiger charge is 2.53. The average molecular weight is 501 g/mol. The summed E-state index contributed by atoms with van der Waals surface area (Å²) < 4.78 is 9.77. The van der Waals surface area contributed by atoms with Gasteiger partial charge in [-0.15, -0.1) is 0 Å². The summed E-state index contributed by atoms with van der Waals surface area (Å²) in [6, 6.07) is 0. The van der Waals surface area contributed by atoms with Crippen molar-refractivity contribution in [1.82, 2.24) is 3.43 Å². The highest BCUT2D eigenvalue weighted by Crippen LogP contribution is 2.15. The van der Waals surface area contributed by atoms with Crippen LogP contribution in [0.5, 0.6) is 0 Å². The fourth-order valence-electron chi connectivity index (χ4n) is 5.15. The molecule has 1 N–H and O–H groups in total. The molecule has 0 aliphatic rings. The Bertz CT molecular complexity index is 536. The monoisotopic (exact) mass is 507 g/mol. The first-order chi connectivity index (χ1) is 16.3. The van der Waals surface area contributed by atoms with Gasteiger partial charge in [0.05, 0.1) is 0 Å². The topological polar surface area (TPSA) is 12.0 Å². The SMILES string of the molecule is [3H]N(I)B(B(B(B([B])[B])B([B])[B])B(B([B])[B])B([B])[B])B(B(B([B])[B])B([B])[B])B(B([B])[B])B([B])B([B-])[B-]. The van der Waals surface area contributed by atoms with Crippen molar-refractivity contribution in [2.24, 2.45) is 0 Å². The maximum atomic E-state index is 8.75. The summed E-state index contributed by atoms with van der Waals surface area (Å²) in [4.78, 5) is 0. The summed E-state index contributed by atoms with van der Waals surface area (Å²) in [6.07, 6.45) is -16.0. The van der Waals surface area contributed by atoms with Crippen LogP contribution in [0.2, 0.25) is 1.41 Å². The minimum Gasteiger partial charge on any atom is -0.729 e. The van der Waals surface area contributed by atoms with Crippen LogP contribution in [0, 0.1) is 0 Å². The van der Waals surface area contributed by atoms with E-state index in [1.165, 1.54) is 0 Å². The summed E-state index contributed by atoms with van der Waals surface area (Å²) >= 11 is 1.70. The van der Waals surface area contributed by atoms with Gasteiger partial charge >= 0.3 is 0 Å². The zero-order valence-corrected chi connectivity index (χ0v) is 22.0. The Kier molecular flexibility index (Phi) is 18.0. The van der Waals surface area contributed by atoms with Gasteiger partial charge in [-0.05, 0) is 36.0 Å². The van der Waals surface area contributed by atoms with E-state index >= 15 is 0 Å². The molecule has 0 amide bonds. The van der Waals surface area contributed by atoms with Crippen LogP contribution in [-0.4, -0.2) is 234 Å². The van der Waals surface area contributed by atoms with Gasteiger partial charge in [0.1, 0.15) is 8.04 Å². The van der Waals surface area contributed by atoms with Gasteiger partial charge in [0.2, 0.25) is 0 Å². The maximum Gasteiger partial charge on any atom is 0.129 e. The summed E-state index contributed by atoms with van der Waals surface area (Å²) in [6.45, 7) is -1.08. The molecule has 1 nitrogen and oxygen atoms in total. The Morgan fingerprint density at radius 3 is 0.857 bits per heavy atom. The summed E-state index contributed by atoms with van der Waals surface area (Å²) in [5, 5.41) is 0. The minimum absolute atomic E-state index is 0.963. The molecule has 0 saturated heterocycles. The quantitative estimate of drug-likeness (QED) is 0.126. The highest BCUT2D eigenvalue weighted by atomic mass is 127. The molecule has 35 heteroatoms. The van der Waals surface area contributed by atoms with Gasteiger partial charge in [0.25, 0.3) is 0 Å². The first-order valence-corrected chi connectivity index (χ1v) is 12.1. The van der Waals surface area contributed by atoms with Gasteiger partial charge in [-0.1, -0.05) is 6.39 Å². The third-order valence-electron chi connectivity index (χ3n) is 6.68. The maximum absolute atomic E-state index is 8.75. The zero-order chi connectivity index (χ0) is 28.8. The predicted octanol–water partition coefficient (Wildman–Crippen LogP) is -12.2. The molecule has 0 heterocycles. The first kappa shape index (κ1) is 35.9. The molecule has 114 valence electrons. The van der Waals surface area contributed by atoms with E-state index in [0.29, 0.717) is 0 Å². The predicted molar refractivity (Wildman–Crippen MR) is 207 cm³/mol. The van der Waals surface area contributed by atoms with Gasteiger partial charge < -0.3 is 25.3 Å². The molecule has 0 aromatic rings. The molecular weight excluding hydrogens is 498 g/mol. The molecule has 0 aromatic heterocycles. The summed E-state index contributed by atoms with van der Waals surface area (Å²) in [5.41, 5.74) is 0. The number of hydrogen-bond donors (Lipinski definition) is 1.